The van der Waals surface area contributed by atoms with Gasteiger partial charge < -0.3 is 23.8 Å². The molecule has 0 N–H and O–H groups in total. The van der Waals surface area contributed by atoms with Crippen molar-refractivity contribution in [3.8, 4) is 23.0 Å². The van der Waals surface area contributed by atoms with Crippen LogP contribution >= 0.6 is 0 Å². The molecule has 2 aliphatic rings. The molecule has 5 heteroatoms. The van der Waals surface area contributed by atoms with Crippen LogP contribution in [0, 0.1) is 5.92 Å². The van der Waals surface area contributed by atoms with E-state index in [0.717, 1.165) is 42.5 Å². The zero-order chi connectivity index (χ0) is 17.9. The highest BCUT2D eigenvalue weighted by molar-refractivity contribution is 5.46. The Morgan fingerprint density at radius 3 is 2.62 bits per heavy atom. The van der Waals surface area contributed by atoms with Gasteiger partial charge in [0, 0.05) is 18.5 Å². The van der Waals surface area contributed by atoms with Gasteiger partial charge in [-0.15, -0.1) is 0 Å². The Balaban J connectivity index is 1.46. The van der Waals surface area contributed by atoms with Crippen molar-refractivity contribution in [3.05, 3.63) is 48.0 Å². The topological polar surface area (TPSA) is 40.2 Å². The molecule has 2 aliphatic heterocycles. The van der Waals surface area contributed by atoms with E-state index in [4.69, 9.17) is 18.9 Å². The number of fused-ring (bicyclic) bond motifs is 1. The number of likely N-dealkylation sites (tertiary alicyclic amines) is 1. The van der Waals surface area contributed by atoms with Crippen molar-refractivity contribution in [2.24, 2.45) is 5.92 Å². The van der Waals surface area contributed by atoms with Crippen LogP contribution in [-0.4, -0.2) is 45.5 Å². The molecule has 0 aromatic heterocycles. The summed E-state index contributed by atoms with van der Waals surface area (Å²) in [6.07, 6.45) is 1.14. The lowest BCUT2D eigenvalue weighted by molar-refractivity contribution is 0.129. The number of rotatable bonds is 5. The second-order valence-electron chi connectivity index (χ2n) is 7.02. The van der Waals surface area contributed by atoms with Gasteiger partial charge in [-0.25, -0.2) is 0 Å². The van der Waals surface area contributed by atoms with Gasteiger partial charge in [-0.05, 0) is 55.8 Å². The molecule has 2 aromatic rings. The molecule has 0 bridgehead atoms. The van der Waals surface area contributed by atoms with E-state index in [2.05, 4.69) is 24.1 Å². The summed E-state index contributed by atoms with van der Waals surface area (Å²) >= 11 is 0. The van der Waals surface area contributed by atoms with Crippen LogP contribution in [0.2, 0.25) is 0 Å². The Morgan fingerprint density at radius 2 is 1.81 bits per heavy atom. The first-order valence-electron chi connectivity index (χ1n) is 9.08. The summed E-state index contributed by atoms with van der Waals surface area (Å²) in [5.41, 5.74) is 1.36. The molecule has 0 radical (unpaired) electrons. The SMILES string of the molecule is COc1ccc([C@@H]2CCN(C)C[C@H]2COc2ccc3c(c2)OCO3)cc1. The molecule has 2 atom stereocenters. The summed E-state index contributed by atoms with van der Waals surface area (Å²) in [6, 6.07) is 14.2. The van der Waals surface area contributed by atoms with Crippen LogP contribution in [0.25, 0.3) is 0 Å². The maximum Gasteiger partial charge on any atom is 0.231 e. The van der Waals surface area contributed by atoms with E-state index in [0.29, 0.717) is 18.4 Å². The fourth-order valence-corrected chi connectivity index (χ4v) is 3.84. The third-order valence-electron chi connectivity index (χ3n) is 5.29. The Morgan fingerprint density at radius 1 is 1.04 bits per heavy atom. The van der Waals surface area contributed by atoms with E-state index in [9.17, 15) is 0 Å². The molecule has 2 heterocycles. The molecule has 138 valence electrons. The van der Waals surface area contributed by atoms with Crippen molar-refractivity contribution in [3.63, 3.8) is 0 Å². The Kier molecular flexibility index (Phi) is 4.89. The third kappa shape index (κ3) is 3.58. The van der Waals surface area contributed by atoms with Crippen molar-refractivity contribution < 1.29 is 18.9 Å². The van der Waals surface area contributed by atoms with E-state index in [1.54, 1.807) is 7.11 Å². The van der Waals surface area contributed by atoms with Crippen LogP contribution in [0.15, 0.2) is 42.5 Å². The highest BCUT2D eigenvalue weighted by Gasteiger charge is 2.29. The minimum Gasteiger partial charge on any atom is -0.497 e. The Bertz CT molecular complexity index is 746. The van der Waals surface area contributed by atoms with Gasteiger partial charge in [-0.3, -0.25) is 0 Å². The minimum absolute atomic E-state index is 0.283. The first kappa shape index (κ1) is 17.0. The van der Waals surface area contributed by atoms with Crippen LogP contribution in [-0.2, 0) is 0 Å². The number of benzene rings is 2. The highest BCUT2D eigenvalue weighted by Crippen LogP contribution is 2.37. The van der Waals surface area contributed by atoms with Crippen molar-refractivity contribution >= 4 is 0 Å². The van der Waals surface area contributed by atoms with Crippen LogP contribution in [0.3, 0.4) is 0 Å². The standard InChI is InChI=1S/C21H25NO4/c1-22-10-9-19(15-3-5-17(23-2)6-4-15)16(12-22)13-24-18-7-8-20-21(11-18)26-14-25-20/h3-8,11,16,19H,9-10,12-14H2,1-2H3/t16-,19-/m0/s1. The molecule has 26 heavy (non-hydrogen) atoms. The fourth-order valence-electron chi connectivity index (χ4n) is 3.84. The van der Waals surface area contributed by atoms with Gasteiger partial charge in [-0.2, -0.15) is 0 Å². The zero-order valence-corrected chi connectivity index (χ0v) is 15.3. The molecular weight excluding hydrogens is 330 g/mol. The minimum atomic E-state index is 0.283. The van der Waals surface area contributed by atoms with E-state index in [1.165, 1.54) is 5.56 Å². The van der Waals surface area contributed by atoms with E-state index < -0.39 is 0 Å². The van der Waals surface area contributed by atoms with Gasteiger partial charge in [0.1, 0.15) is 11.5 Å². The van der Waals surface area contributed by atoms with E-state index >= 15 is 0 Å². The number of methoxy groups -OCH3 is 1. The van der Waals surface area contributed by atoms with Gasteiger partial charge in [0.15, 0.2) is 11.5 Å². The van der Waals surface area contributed by atoms with E-state index in [-0.39, 0.29) is 6.79 Å². The predicted molar refractivity (Wildman–Crippen MR) is 99.4 cm³/mol. The van der Waals surface area contributed by atoms with Gasteiger partial charge in [0.25, 0.3) is 0 Å². The second kappa shape index (κ2) is 7.46. The lowest BCUT2D eigenvalue weighted by atomic mass is 9.81. The van der Waals surface area contributed by atoms with Crippen LogP contribution in [0.1, 0.15) is 17.9 Å². The quantitative estimate of drug-likeness (QED) is 0.820. The first-order valence-corrected chi connectivity index (χ1v) is 9.08. The smallest absolute Gasteiger partial charge is 0.231 e. The van der Waals surface area contributed by atoms with Crippen LogP contribution < -0.4 is 18.9 Å². The second-order valence-corrected chi connectivity index (χ2v) is 7.02. The van der Waals surface area contributed by atoms with Crippen molar-refractivity contribution in [1.29, 1.82) is 0 Å². The summed E-state index contributed by atoms with van der Waals surface area (Å²) < 4.78 is 22.2. The molecule has 2 aromatic carbocycles. The summed E-state index contributed by atoms with van der Waals surface area (Å²) in [5, 5.41) is 0. The lowest BCUT2D eigenvalue weighted by Gasteiger charge is -2.37. The monoisotopic (exact) mass is 355 g/mol. The van der Waals surface area contributed by atoms with Crippen LogP contribution in [0.5, 0.6) is 23.0 Å². The summed E-state index contributed by atoms with van der Waals surface area (Å²) in [4.78, 5) is 2.38. The zero-order valence-electron chi connectivity index (χ0n) is 15.3. The lowest BCUT2D eigenvalue weighted by Crippen LogP contribution is -2.39. The Hall–Kier alpha value is -2.40. The molecule has 0 amide bonds. The molecule has 0 spiro atoms. The fraction of sp³-hybridized carbons (Fsp3) is 0.429. The summed E-state index contributed by atoms with van der Waals surface area (Å²) in [5.74, 6) is 4.20. The largest absolute Gasteiger partial charge is 0.497 e. The Labute approximate surface area is 154 Å². The summed E-state index contributed by atoms with van der Waals surface area (Å²) in [6.45, 7) is 3.10. The number of ether oxygens (including phenoxy) is 4. The van der Waals surface area contributed by atoms with Crippen molar-refractivity contribution in [2.75, 3.05) is 40.6 Å². The van der Waals surface area contributed by atoms with Gasteiger partial charge >= 0.3 is 0 Å². The predicted octanol–water partition coefficient (Wildman–Crippen LogP) is 3.54. The molecule has 0 unspecified atom stereocenters. The molecule has 5 nitrogen and oxygen atoms in total. The summed E-state index contributed by atoms with van der Waals surface area (Å²) in [7, 11) is 3.88. The van der Waals surface area contributed by atoms with Crippen molar-refractivity contribution in [2.45, 2.75) is 12.3 Å². The highest BCUT2D eigenvalue weighted by atomic mass is 16.7. The molecule has 0 saturated carbocycles. The molecule has 0 aliphatic carbocycles. The number of hydrogen-bond donors (Lipinski definition) is 0. The molecule has 1 saturated heterocycles. The number of piperidine rings is 1. The molecular formula is C21H25NO4. The average Bonchev–Trinajstić information content (AvgIpc) is 3.14. The number of nitrogens with zero attached hydrogens (tertiary/aromatic N) is 1. The number of hydrogen-bond acceptors (Lipinski definition) is 5. The van der Waals surface area contributed by atoms with Crippen LogP contribution in [0.4, 0.5) is 0 Å². The van der Waals surface area contributed by atoms with E-state index in [1.807, 2.05) is 30.3 Å². The van der Waals surface area contributed by atoms with Crippen molar-refractivity contribution in [1.82, 2.24) is 4.90 Å². The maximum absolute atomic E-state index is 6.13. The van der Waals surface area contributed by atoms with Gasteiger partial charge in [0.2, 0.25) is 6.79 Å². The van der Waals surface area contributed by atoms with Gasteiger partial charge in [0.05, 0.1) is 13.7 Å². The maximum atomic E-state index is 6.13. The molecule has 1 fully saturated rings. The average molecular weight is 355 g/mol. The van der Waals surface area contributed by atoms with Gasteiger partial charge in [-0.1, -0.05) is 12.1 Å². The molecule has 4 rings (SSSR count). The third-order valence-corrected chi connectivity index (χ3v) is 5.29. The normalized spacial score (nSPS) is 22.2. The first-order chi connectivity index (χ1) is 12.7.